The number of amides is 1. The van der Waals surface area contributed by atoms with Crippen LogP contribution in [-0.4, -0.2) is 21.9 Å². The molecule has 0 aromatic carbocycles. The van der Waals surface area contributed by atoms with Crippen molar-refractivity contribution < 1.29 is 9.72 Å². The largest absolute Gasteiger partial charge is 0.368 e. The Morgan fingerprint density at radius 3 is 2.88 bits per heavy atom. The lowest BCUT2D eigenvalue weighted by molar-refractivity contribution is -0.384. The lowest BCUT2D eigenvalue weighted by atomic mass is 10.2. The minimum atomic E-state index is -0.739. The Morgan fingerprint density at radius 2 is 2.38 bits per heavy atom. The first-order valence-corrected chi connectivity index (χ1v) is 4.65. The SMILES string of the molecule is C[C@H](Nc1cc(Cl)ncc1[N+](=O)[O-])C(N)=O. The summed E-state index contributed by atoms with van der Waals surface area (Å²) < 4.78 is 0. The highest BCUT2D eigenvalue weighted by molar-refractivity contribution is 6.29. The number of anilines is 1. The molecule has 1 atom stereocenters. The van der Waals surface area contributed by atoms with E-state index in [0.29, 0.717) is 0 Å². The zero-order valence-electron chi connectivity index (χ0n) is 8.31. The second kappa shape index (κ2) is 4.75. The van der Waals surface area contributed by atoms with Gasteiger partial charge in [-0.1, -0.05) is 11.6 Å². The number of primary amides is 1. The van der Waals surface area contributed by atoms with Crippen LogP contribution in [0.4, 0.5) is 11.4 Å². The van der Waals surface area contributed by atoms with Crippen LogP contribution in [0.3, 0.4) is 0 Å². The molecule has 0 radical (unpaired) electrons. The van der Waals surface area contributed by atoms with E-state index < -0.39 is 16.9 Å². The highest BCUT2D eigenvalue weighted by atomic mass is 35.5. The van der Waals surface area contributed by atoms with Gasteiger partial charge in [-0.25, -0.2) is 4.98 Å². The molecule has 86 valence electrons. The predicted octanol–water partition coefficient (Wildman–Crippen LogP) is 0.929. The molecule has 0 aliphatic carbocycles. The molecule has 0 unspecified atom stereocenters. The zero-order chi connectivity index (χ0) is 12.3. The molecular formula is C8H9ClN4O3. The van der Waals surface area contributed by atoms with Gasteiger partial charge >= 0.3 is 5.69 Å². The second-order valence-corrected chi connectivity index (χ2v) is 3.44. The molecule has 8 heteroatoms. The summed E-state index contributed by atoms with van der Waals surface area (Å²) >= 11 is 5.59. The monoisotopic (exact) mass is 244 g/mol. The number of carbonyl (C=O) groups is 1. The minimum Gasteiger partial charge on any atom is -0.368 e. The van der Waals surface area contributed by atoms with Crippen molar-refractivity contribution in [2.45, 2.75) is 13.0 Å². The van der Waals surface area contributed by atoms with Crippen LogP contribution in [0.25, 0.3) is 0 Å². The molecule has 0 aliphatic rings. The zero-order valence-corrected chi connectivity index (χ0v) is 9.06. The van der Waals surface area contributed by atoms with Gasteiger partial charge in [0.1, 0.15) is 23.1 Å². The normalized spacial score (nSPS) is 11.9. The van der Waals surface area contributed by atoms with Crippen molar-refractivity contribution in [3.8, 4) is 0 Å². The van der Waals surface area contributed by atoms with Crippen molar-refractivity contribution in [1.82, 2.24) is 4.98 Å². The van der Waals surface area contributed by atoms with Crippen molar-refractivity contribution in [2.75, 3.05) is 5.32 Å². The van der Waals surface area contributed by atoms with Crippen LogP contribution in [-0.2, 0) is 4.79 Å². The molecule has 16 heavy (non-hydrogen) atoms. The van der Waals surface area contributed by atoms with Gasteiger partial charge in [0, 0.05) is 6.07 Å². The fourth-order valence-electron chi connectivity index (χ4n) is 0.988. The summed E-state index contributed by atoms with van der Waals surface area (Å²) in [7, 11) is 0. The summed E-state index contributed by atoms with van der Waals surface area (Å²) in [4.78, 5) is 24.4. The number of nitro groups is 1. The third-order valence-corrected chi connectivity index (χ3v) is 2.05. The molecule has 0 aliphatic heterocycles. The average molecular weight is 245 g/mol. The number of halogens is 1. The van der Waals surface area contributed by atoms with E-state index in [1.807, 2.05) is 0 Å². The van der Waals surface area contributed by atoms with E-state index in [9.17, 15) is 14.9 Å². The molecule has 0 bridgehead atoms. The molecule has 1 heterocycles. The van der Waals surface area contributed by atoms with Gasteiger partial charge in [0.2, 0.25) is 5.91 Å². The van der Waals surface area contributed by atoms with E-state index in [4.69, 9.17) is 17.3 Å². The first-order chi connectivity index (χ1) is 7.41. The van der Waals surface area contributed by atoms with Gasteiger partial charge in [-0.15, -0.1) is 0 Å². The molecular weight excluding hydrogens is 236 g/mol. The van der Waals surface area contributed by atoms with E-state index in [2.05, 4.69) is 10.3 Å². The molecule has 7 nitrogen and oxygen atoms in total. The first kappa shape index (κ1) is 12.2. The average Bonchev–Trinajstić information content (AvgIpc) is 2.16. The summed E-state index contributed by atoms with van der Waals surface area (Å²) in [6, 6.07) is 0.524. The van der Waals surface area contributed by atoms with Crippen molar-refractivity contribution in [1.29, 1.82) is 0 Å². The van der Waals surface area contributed by atoms with Gasteiger partial charge in [0.05, 0.1) is 4.92 Å². The molecule has 3 N–H and O–H groups in total. The van der Waals surface area contributed by atoms with Gasteiger partial charge in [-0.3, -0.25) is 14.9 Å². The fraction of sp³-hybridized carbons (Fsp3) is 0.250. The van der Waals surface area contributed by atoms with Gasteiger partial charge in [-0.05, 0) is 6.92 Å². The van der Waals surface area contributed by atoms with Crippen LogP contribution in [0.15, 0.2) is 12.3 Å². The Labute approximate surface area is 95.8 Å². The second-order valence-electron chi connectivity index (χ2n) is 3.05. The van der Waals surface area contributed by atoms with Gasteiger partial charge in [0.15, 0.2) is 0 Å². The summed E-state index contributed by atoms with van der Waals surface area (Å²) in [5.41, 5.74) is 4.87. The maximum Gasteiger partial charge on any atom is 0.310 e. The minimum absolute atomic E-state index is 0.0878. The Bertz CT molecular complexity index is 437. The van der Waals surface area contributed by atoms with Crippen molar-refractivity contribution >= 4 is 28.9 Å². The lowest BCUT2D eigenvalue weighted by Crippen LogP contribution is -2.32. The summed E-state index contributed by atoms with van der Waals surface area (Å²) in [5, 5.41) is 13.3. The van der Waals surface area contributed by atoms with Crippen LogP contribution < -0.4 is 11.1 Å². The van der Waals surface area contributed by atoms with Crippen LogP contribution in [0.5, 0.6) is 0 Å². The van der Waals surface area contributed by atoms with Crippen molar-refractivity contribution in [3.05, 3.63) is 27.5 Å². The van der Waals surface area contributed by atoms with E-state index in [1.165, 1.54) is 13.0 Å². The number of nitrogens with two attached hydrogens (primary N) is 1. The molecule has 0 spiro atoms. The third kappa shape index (κ3) is 2.80. The number of hydrogen-bond donors (Lipinski definition) is 2. The first-order valence-electron chi connectivity index (χ1n) is 4.27. The summed E-state index contributed by atoms with van der Waals surface area (Å²) in [5.74, 6) is -0.623. The molecule has 1 rings (SSSR count). The van der Waals surface area contributed by atoms with E-state index >= 15 is 0 Å². The fourth-order valence-corrected chi connectivity index (χ4v) is 1.15. The van der Waals surface area contributed by atoms with E-state index in [0.717, 1.165) is 6.20 Å². The number of nitrogens with one attached hydrogen (secondary N) is 1. The molecule has 1 aromatic rings. The number of pyridine rings is 1. The quantitative estimate of drug-likeness (QED) is 0.465. The van der Waals surface area contributed by atoms with E-state index in [1.54, 1.807) is 0 Å². The summed E-state index contributed by atoms with van der Waals surface area (Å²) in [6.45, 7) is 1.49. The standard InChI is InChI=1S/C8H9ClN4O3/c1-4(8(10)14)12-5-2-7(9)11-3-6(5)13(15)16/h2-4H,1H3,(H2,10,14)(H,11,12)/t4-/m0/s1. The maximum absolute atomic E-state index is 10.8. The Balaban J connectivity index is 3.05. The van der Waals surface area contributed by atoms with Gasteiger partial charge < -0.3 is 11.1 Å². The number of nitrogens with zero attached hydrogens (tertiary/aromatic N) is 2. The van der Waals surface area contributed by atoms with Crippen molar-refractivity contribution in [2.24, 2.45) is 5.73 Å². The van der Waals surface area contributed by atoms with Crippen LogP contribution in [0.2, 0.25) is 5.15 Å². The van der Waals surface area contributed by atoms with Crippen LogP contribution in [0.1, 0.15) is 6.92 Å². The van der Waals surface area contributed by atoms with Crippen LogP contribution in [0, 0.1) is 10.1 Å². The topological polar surface area (TPSA) is 111 Å². The lowest BCUT2D eigenvalue weighted by Gasteiger charge is -2.11. The predicted molar refractivity (Wildman–Crippen MR) is 58.2 cm³/mol. The van der Waals surface area contributed by atoms with Gasteiger partial charge in [0.25, 0.3) is 0 Å². The molecule has 0 fully saturated rings. The Hall–Kier alpha value is -1.89. The summed E-state index contributed by atoms with van der Waals surface area (Å²) in [6.07, 6.45) is 1.01. The molecule has 1 amide bonds. The highest BCUT2D eigenvalue weighted by Crippen LogP contribution is 2.26. The highest BCUT2D eigenvalue weighted by Gasteiger charge is 2.18. The number of rotatable bonds is 4. The van der Waals surface area contributed by atoms with E-state index in [-0.39, 0.29) is 16.5 Å². The smallest absolute Gasteiger partial charge is 0.310 e. The molecule has 1 aromatic heterocycles. The van der Waals surface area contributed by atoms with Crippen molar-refractivity contribution in [3.63, 3.8) is 0 Å². The number of hydrogen-bond acceptors (Lipinski definition) is 5. The Morgan fingerprint density at radius 1 is 1.75 bits per heavy atom. The number of carbonyl (C=O) groups excluding carboxylic acids is 1. The van der Waals surface area contributed by atoms with Crippen LogP contribution >= 0.6 is 11.6 Å². The molecule has 0 saturated carbocycles. The molecule has 0 saturated heterocycles. The Kier molecular flexibility index (Phi) is 3.62. The maximum atomic E-state index is 10.8. The third-order valence-electron chi connectivity index (χ3n) is 1.85. The number of aromatic nitrogens is 1. The van der Waals surface area contributed by atoms with Gasteiger partial charge in [-0.2, -0.15) is 0 Å².